The lowest BCUT2D eigenvalue weighted by atomic mass is 10.2. The lowest BCUT2D eigenvalue weighted by Crippen LogP contribution is -2.30. The molecule has 21 heavy (non-hydrogen) atoms. The van der Waals surface area contributed by atoms with E-state index in [1.165, 1.54) is 0 Å². The molecule has 1 atom stereocenters. The third kappa shape index (κ3) is 7.71. The van der Waals surface area contributed by atoms with E-state index in [1.807, 2.05) is 30.3 Å². The zero-order chi connectivity index (χ0) is 15.6. The first kappa shape index (κ1) is 18.3. The number of rotatable bonds is 11. The molecule has 0 aliphatic heterocycles. The fourth-order valence-corrected chi connectivity index (χ4v) is 3.44. The summed E-state index contributed by atoms with van der Waals surface area (Å²) in [5, 5.41) is 9.86. The largest absolute Gasteiger partial charge is 0.391 e. The first-order valence-corrected chi connectivity index (χ1v) is 8.77. The molecule has 1 rings (SSSR count). The summed E-state index contributed by atoms with van der Waals surface area (Å²) in [7, 11) is -3.23. The molecule has 0 fully saturated rings. The Labute approximate surface area is 125 Å². The summed E-state index contributed by atoms with van der Waals surface area (Å²) in [4.78, 5) is 5.24. The zero-order valence-corrected chi connectivity index (χ0v) is 13.4. The van der Waals surface area contributed by atoms with Crippen LogP contribution in [0.4, 0.5) is 0 Å². The molecule has 0 aliphatic carbocycles. The average molecular weight is 317 g/mol. The van der Waals surface area contributed by atoms with E-state index in [4.69, 9.17) is 13.9 Å². The second-order valence-electron chi connectivity index (χ2n) is 4.41. The third-order valence-corrected chi connectivity index (χ3v) is 4.76. The van der Waals surface area contributed by atoms with Crippen molar-refractivity contribution in [1.82, 2.24) is 5.48 Å². The van der Waals surface area contributed by atoms with Gasteiger partial charge in [0.1, 0.15) is 0 Å². The highest BCUT2D eigenvalue weighted by molar-refractivity contribution is 7.53. The van der Waals surface area contributed by atoms with Gasteiger partial charge in [-0.25, -0.2) is 0 Å². The van der Waals surface area contributed by atoms with Crippen molar-refractivity contribution in [1.29, 1.82) is 0 Å². The van der Waals surface area contributed by atoms with Gasteiger partial charge in [0.05, 0.1) is 32.1 Å². The lowest BCUT2D eigenvalue weighted by Gasteiger charge is -2.20. The van der Waals surface area contributed by atoms with Crippen molar-refractivity contribution in [3.8, 4) is 0 Å². The van der Waals surface area contributed by atoms with Gasteiger partial charge >= 0.3 is 7.60 Å². The summed E-state index contributed by atoms with van der Waals surface area (Å²) in [6.45, 7) is 4.57. The van der Waals surface area contributed by atoms with E-state index < -0.39 is 13.7 Å². The van der Waals surface area contributed by atoms with E-state index in [9.17, 15) is 9.67 Å². The Morgan fingerprint density at radius 2 is 1.81 bits per heavy atom. The third-order valence-electron chi connectivity index (χ3n) is 2.59. The summed E-state index contributed by atoms with van der Waals surface area (Å²) in [6.07, 6.45) is -0.930. The molecular formula is C14H24NO5P. The van der Waals surface area contributed by atoms with Gasteiger partial charge in [0.15, 0.2) is 0 Å². The van der Waals surface area contributed by atoms with Crippen LogP contribution in [0.25, 0.3) is 0 Å². The number of aliphatic hydroxyl groups is 1. The maximum Gasteiger partial charge on any atom is 0.333 e. The van der Waals surface area contributed by atoms with Crippen LogP contribution in [0.5, 0.6) is 0 Å². The van der Waals surface area contributed by atoms with E-state index in [-0.39, 0.29) is 25.9 Å². The molecule has 0 bridgehead atoms. The molecule has 7 heteroatoms. The van der Waals surface area contributed by atoms with E-state index in [2.05, 4.69) is 5.48 Å². The van der Waals surface area contributed by atoms with Crippen LogP contribution in [0.2, 0.25) is 0 Å². The molecule has 0 heterocycles. The summed E-state index contributed by atoms with van der Waals surface area (Å²) in [5.41, 5.74) is 3.68. The van der Waals surface area contributed by atoms with Crippen LogP contribution in [-0.4, -0.2) is 37.1 Å². The van der Waals surface area contributed by atoms with Gasteiger partial charge in [-0.05, 0) is 19.4 Å². The predicted octanol–water partition coefficient (Wildman–Crippen LogP) is 2.33. The molecular weight excluding hydrogens is 293 g/mol. The molecule has 6 nitrogen and oxygen atoms in total. The topological polar surface area (TPSA) is 77.0 Å². The molecule has 0 aliphatic rings. The summed E-state index contributed by atoms with van der Waals surface area (Å²) < 4.78 is 22.4. The van der Waals surface area contributed by atoms with Crippen LogP contribution in [0, 0.1) is 0 Å². The number of aliphatic hydroxyl groups excluding tert-OH is 1. The highest BCUT2D eigenvalue weighted by atomic mass is 31.2. The normalized spacial score (nSPS) is 13.3. The molecule has 120 valence electrons. The van der Waals surface area contributed by atoms with Crippen molar-refractivity contribution in [3.05, 3.63) is 35.9 Å². The second-order valence-corrected chi connectivity index (χ2v) is 6.51. The standard InChI is InChI=1S/C14H24NO5P/c1-3-19-21(17,20-4-2)12-14(16)10-15-18-11-13-8-6-5-7-9-13/h5-9,14-16H,3-4,10-12H2,1-2H3. The Morgan fingerprint density at radius 1 is 1.19 bits per heavy atom. The van der Waals surface area contributed by atoms with Crippen LogP contribution < -0.4 is 5.48 Å². The molecule has 0 radical (unpaired) electrons. The van der Waals surface area contributed by atoms with Gasteiger partial charge in [0, 0.05) is 6.54 Å². The Bertz CT molecular complexity index is 419. The maximum atomic E-state index is 12.2. The van der Waals surface area contributed by atoms with Crippen molar-refractivity contribution in [3.63, 3.8) is 0 Å². The fourth-order valence-electron chi connectivity index (χ4n) is 1.72. The van der Waals surface area contributed by atoms with Crippen molar-refractivity contribution in [2.24, 2.45) is 0 Å². The number of hydrogen-bond acceptors (Lipinski definition) is 6. The molecule has 0 aromatic heterocycles. The first-order valence-electron chi connectivity index (χ1n) is 7.04. The molecule has 0 saturated carbocycles. The minimum atomic E-state index is -3.23. The van der Waals surface area contributed by atoms with E-state index in [0.29, 0.717) is 6.61 Å². The average Bonchev–Trinajstić information content (AvgIpc) is 2.45. The molecule has 2 N–H and O–H groups in total. The summed E-state index contributed by atoms with van der Waals surface area (Å²) in [6, 6.07) is 9.66. The Morgan fingerprint density at radius 3 is 2.38 bits per heavy atom. The Kier molecular flexibility index (Phi) is 8.76. The number of benzene rings is 1. The van der Waals surface area contributed by atoms with Crippen LogP contribution in [-0.2, 0) is 25.1 Å². The monoisotopic (exact) mass is 317 g/mol. The van der Waals surface area contributed by atoms with Crippen molar-refractivity contribution < 1.29 is 23.6 Å². The van der Waals surface area contributed by atoms with Crippen LogP contribution in [0.1, 0.15) is 19.4 Å². The van der Waals surface area contributed by atoms with Gasteiger partial charge in [-0.15, -0.1) is 0 Å². The number of nitrogens with one attached hydrogen (secondary N) is 1. The summed E-state index contributed by atoms with van der Waals surface area (Å²) in [5.74, 6) is 0. The zero-order valence-electron chi connectivity index (χ0n) is 12.5. The minimum absolute atomic E-state index is 0.0591. The lowest BCUT2D eigenvalue weighted by molar-refractivity contribution is 0.00596. The molecule has 1 unspecified atom stereocenters. The highest BCUT2D eigenvalue weighted by Gasteiger charge is 2.27. The highest BCUT2D eigenvalue weighted by Crippen LogP contribution is 2.48. The summed E-state index contributed by atoms with van der Waals surface area (Å²) >= 11 is 0. The van der Waals surface area contributed by atoms with Gasteiger partial charge in [0.2, 0.25) is 0 Å². The first-order chi connectivity index (χ1) is 10.1. The maximum absolute atomic E-state index is 12.2. The molecule has 1 aromatic rings. The number of hydroxylamine groups is 1. The molecule has 0 amide bonds. The van der Waals surface area contributed by atoms with Crippen LogP contribution in [0.3, 0.4) is 0 Å². The quantitative estimate of drug-likeness (QED) is 0.370. The van der Waals surface area contributed by atoms with Crippen molar-refractivity contribution in [2.45, 2.75) is 26.6 Å². The molecule has 1 aromatic carbocycles. The van der Waals surface area contributed by atoms with E-state index >= 15 is 0 Å². The van der Waals surface area contributed by atoms with Gasteiger partial charge < -0.3 is 14.2 Å². The van der Waals surface area contributed by atoms with Gasteiger partial charge in [-0.1, -0.05) is 30.3 Å². The SMILES string of the molecule is CCOP(=O)(CC(O)CNOCc1ccccc1)OCC. The van der Waals surface area contributed by atoms with Gasteiger partial charge in [0.25, 0.3) is 0 Å². The van der Waals surface area contributed by atoms with E-state index in [1.54, 1.807) is 13.8 Å². The second kappa shape index (κ2) is 10.1. The van der Waals surface area contributed by atoms with Crippen LogP contribution in [0.15, 0.2) is 30.3 Å². The van der Waals surface area contributed by atoms with Crippen molar-refractivity contribution >= 4 is 7.60 Å². The Balaban J connectivity index is 2.26. The van der Waals surface area contributed by atoms with E-state index in [0.717, 1.165) is 5.56 Å². The smallest absolute Gasteiger partial charge is 0.333 e. The van der Waals surface area contributed by atoms with Gasteiger partial charge in [-0.2, -0.15) is 5.48 Å². The Hall–Kier alpha value is -0.750. The van der Waals surface area contributed by atoms with Gasteiger partial charge in [-0.3, -0.25) is 9.40 Å². The van der Waals surface area contributed by atoms with Crippen LogP contribution >= 0.6 is 7.60 Å². The predicted molar refractivity (Wildman–Crippen MR) is 81.0 cm³/mol. The minimum Gasteiger partial charge on any atom is -0.391 e. The van der Waals surface area contributed by atoms with Crippen molar-refractivity contribution in [2.75, 3.05) is 25.9 Å². The molecule has 0 spiro atoms. The molecule has 0 saturated heterocycles. The fraction of sp³-hybridized carbons (Fsp3) is 0.571. The number of hydrogen-bond donors (Lipinski definition) is 2.